The van der Waals surface area contributed by atoms with Crippen molar-refractivity contribution in [2.75, 3.05) is 0 Å². The van der Waals surface area contributed by atoms with Gasteiger partial charge in [-0.25, -0.2) is 0 Å². The van der Waals surface area contributed by atoms with Crippen LogP contribution in [-0.2, 0) is 0 Å². The lowest BCUT2D eigenvalue weighted by molar-refractivity contribution is 0.527. The molecule has 0 unspecified atom stereocenters. The maximum absolute atomic E-state index is 2.33. The van der Waals surface area contributed by atoms with E-state index < -0.39 is 0 Å². The second-order valence-electron chi connectivity index (χ2n) is 4.70. The topological polar surface area (TPSA) is 0 Å². The second-order valence-corrected chi connectivity index (χ2v) is 4.70. The van der Waals surface area contributed by atoms with Gasteiger partial charge in [0.05, 0.1) is 0 Å². The molecule has 0 heterocycles. The lowest BCUT2D eigenvalue weighted by Crippen LogP contribution is -1.94. The van der Waals surface area contributed by atoms with E-state index in [2.05, 4.69) is 27.7 Å². The van der Waals surface area contributed by atoms with E-state index in [0.717, 1.165) is 5.92 Å². The summed E-state index contributed by atoms with van der Waals surface area (Å²) in [5.41, 5.74) is 0. The minimum atomic E-state index is 0.878. The molecule has 13 heavy (non-hydrogen) atoms. The SMILES string of the molecule is CCCCC[C](C)CCCC(C)C. The summed E-state index contributed by atoms with van der Waals surface area (Å²) in [7, 11) is 0. The average molecular weight is 183 g/mol. The van der Waals surface area contributed by atoms with Gasteiger partial charge in [0.15, 0.2) is 0 Å². The second kappa shape index (κ2) is 8.59. The molecule has 0 saturated heterocycles. The molecule has 1 radical (unpaired) electrons. The zero-order chi connectivity index (χ0) is 10.1. The van der Waals surface area contributed by atoms with Crippen LogP contribution in [0.3, 0.4) is 0 Å². The van der Waals surface area contributed by atoms with Gasteiger partial charge in [0, 0.05) is 0 Å². The third-order valence-electron chi connectivity index (χ3n) is 2.59. The zero-order valence-corrected chi connectivity index (χ0v) is 10.0. The van der Waals surface area contributed by atoms with Crippen LogP contribution in [0.2, 0.25) is 0 Å². The molecule has 0 saturated carbocycles. The van der Waals surface area contributed by atoms with Gasteiger partial charge in [0.2, 0.25) is 0 Å². The first-order chi connectivity index (χ1) is 6.16. The third-order valence-corrected chi connectivity index (χ3v) is 2.59. The first-order valence-electron chi connectivity index (χ1n) is 5.98. The Labute approximate surface area is 85.1 Å². The molecule has 0 nitrogen and oxygen atoms in total. The highest BCUT2D eigenvalue weighted by Gasteiger charge is 2.02. The van der Waals surface area contributed by atoms with Crippen LogP contribution in [-0.4, -0.2) is 0 Å². The van der Waals surface area contributed by atoms with Gasteiger partial charge in [-0.05, 0) is 24.7 Å². The van der Waals surface area contributed by atoms with Gasteiger partial charge < -0.3 is 0 Å². The number of rotatable bonds is 8. The van der Waals surface area contributed by atoms with E-state index in [-0.39, 0.29) is 0 Å². The van der Waals surface area contributed by atoms with Crippen molar-refractivity contribution in [2.45, 2.75) is 72.6 Å². The zero-order valence-electron chi connectivity index (χ0n) is 10.0. The largest absolute Gasteiger partial charge is 0.0654 e. The number of unbranched alkanes of at least 4 members (excludes halogenated alkanes) is 2. The van der Waals surface area contributed by atoms with Crippen molar-refractivity contribution >= 4 is 0 Å². The van der Waals surface area contributed by atoms with Crippen LogP contribution in [0.4, 0.5) is 0 Å². The fraction of sp³-hybridized carbons (Fsp3) is 0.923. The minimum Gasteiger partial charge on any atom is -0.0654 e. The monoisotopic (exact) mass is 183 g/mol. The molecule has 0 atom stereocenters. The predicted octanol–water partition coefficient (Wildman–Crippen LogP) is 4.99. The van der Waals surface area contributed by atoms with Crippen LogP contribution in [0.25, 0.3) is 0 Å². The Morgan fingerprint density at radius 1 is 1.00 bits per heavy atom. The fourth-order valence-electron chi connectivity index (χ4n) is 1.61. The average Bonchev–Trinajstić information content (AvgIpc) is 2.04. The molecule has 0 N–H and O–H groups in total. The van der Waals surface area contributed by atoms with Crippen molar-refractivity contribution < 1.29 is 0 Å². The Bertz CT molecular complexity index is 94.2. The minimum absolute atomic E-state index is 0.878. The van der Waals surface area contributed by atoms with E-state index in [1.54, 1.807) is 5.92 Å². The molecule has 0 aromatic heterocycles. The summed E-state index contributed by atoms with van der Waals surface area (Å²) in [6.45, 7) is 9.23. The van der Waals surface area contributed by atoms with Crippen molar-refractivity contribution in [3.8, 4) is 0 Å². The first-order valence-corrected chi connectivity index (χ1v) is 5.98. The van der Waals surface area contributed by atoms with Gasteiger partial charge in [-0.3, -0.25) is 0 Å². The van der Waals surface area contributed by atoms with Crippen LogP contribution in [0.1, 0.15) is 72.6 Å². The van der Waals surface area contributed by atoms with E-state index in [0.29, 0.717) is 0 Å². The summed E-state index contributed by atoms with van der Waals surface area (Å²) >= 11 is 0. The van der Waals surface area contributed by atoms with Gasteiger partial charge in [0.25, 0.3) is 0 Å². The normalized spacial score (nSPS) is 11.5. The molecule has 0 heteroatoms. The molecule has 0 aromatic rings. The van der Waals surface area contributed by atoms with Gasteiger partial charge in [-0.2, -0.15) is 0 Å². The maximum Gasteiger partial charge on any atom is -0.0272 e. The van der Waals surface area contributed by atoms with Crippen molar-refractivity contribution in [1.82, 2.24) is 0 Å². The number of hydrogen-bond acceptors (Lipinski definition) is 0. The van der Waals surface area contributed by atoms with Crippen LogP contribution in [0.5, 0.6) is 0 Å². The van der Waals surface area contributed by atoms with E-state index in [9.17, 15) is 0 Å². The molecular formula is C13H27. The number of hydrogen-bond donors (Lipinski definition) is 0. The van der Waals surface area contributed by atoms with Gasteiger partial charge in [-0.1, -0.05) is 59.8 Å². The predicted molar refractivity (Wildman–Crippen MR) is 61.7 cm³/mol. The van der Waals surface area contributed by atoms with E-state index in [1.807, 2.05) is 0 Å². The molecule has 0 aliphatic heterocycles. The molecule has 0 aliphatic carbocycles. The molecular weight excluding hydrogens is 156 g/mol. The molecule has 0 aromatic carbocycles. The third kappa shape index (κ3) is 9.92. The first kappa shape index (κ1) is 13.0. The summed E-state index contributed by atoms with van der Waals surface area (Å²) < 4.78 is 0. The molecule has 0 rings (SSSR count). The highest BCUT2D eigenvalue weighted by molar-refractivity contribution is 4.83. The van der Waals surface area contributed by atoms with Gasteiger partial charge in [-0.15, -0.1) is 0 Å². The van der Waals surface area contributed by atoms with Crippen LogP contribution >= 0.6 is 0 Å². The Hall–Kier alpha value is 0. The lowest BCUT2D eigenvalue weighted by Gasteiger charge is -2.11. The lowest BCUT2D eigenvalue weighted by atomic mass is 9.95. The quantitative estimate of drug-likeness (QED) is 0.465. The molecule has 0 fully saturated rings. The van der Waals surface area contributed by atoms with Crippen molar-refractivity contribution in [2.24, 2.45) is 5.92 Å². The highest BCUT2D eigenvalue weighted by Crippen LogP contribution is 2.19. The van der Waals surface area contributed by atoms with E-state index in [4.69, 9.17) is 0 Å². The summed E-state index contributed by atoms with van der Waals surface area (Å²) in [6, 6.07) is 0. The summed E-state index contributed by atoms with van der Waals surface area (Å²) in [5, 5.41) is 0. The Morgan fingerprint density at radius 3 is 2.15 bits per heavy atom. The van der Waals surface area contributed by atoms with E-state index in [1.165, 1.54) is 44.9 Å². The maximum atomic E-state index is 2.33. The van der Waals surface area contributed by atoms with Crippen LogP contribution < -0.4 is 0 Å². The molecule has 0 spiro atoms. The van der Waals surface area contributed by atoms with Crippen molar-refractivity contribution in [3.63, 3.8) is 0 Å². The molecule has 0 aliphatic rings. The Morgan fingerprint density at radius 2 is 1.62 bits per heavy atom. The van der Waals surface area contributed by atoms with Crippen molar-refractivity contribution in [1.29, 1.82) is 0 Å². The van der Waals surface area contributed by atoms with Crippen molar-refractivity contribution in [3.05, 3.63) is 5.92 Å². The van der Waals surface area contributed by atoms with Crippen LogP contribution in [0, 0.1) is 11.8 Å². The molecule has 0 amide bonds. The van der Waals surface area contributed by atoms with Gasteiger partial charge >= 0.3 is 0 Å². The molecule has 79 valence electrons. The van der Waals surface area contributed by atoms with E-state index >= 15 is 0 Å². The standard InChI is InChI=1S/C13H27/c1-5-6-7-10-13(4)11-8-9-12(2)3/h12H,5-11H2,1-4H3. The fourth-order valence-corrected chi connectivity index (χ4v) is 1.61. The van der Waals surface area contributed by atoms with Crippen LogP contribution in [0.15, 0.2) is 0 Å². The highest BCUT2D eigenvalue weighted by atomic mass is 14.1. The summed E-state index contributed by atoms with van der Waals surface area (Å²) in [5.74, 6) is 2.59. The van der Waals surface area contributed by atoms with Gasteiger partial charge in [0.1, 0.15) is 0 Å². The molecule has 0 bridgehead atoms. The summed E-state index contributed by atoms with van der Waals surface area (Å²) in [6.07, 6.45) is 9.68. The Balaban J connectivity index is 3.15. The smallest absolute Gasteiger partial charge is 0.0272 e. The summed E-state index contributed by atoms with van der Waals surface area (Å²) in [4.78, 5) is 0. The Kier molecular flexibility index (Phi) is 8.59.